The number of hydrogen-bond acceptors (Lipinski definition) is 4. The lowest BCUT2D eigenvalue weighted by molar-refractivity contribution is -0.125. The van der Waals surface area contributed by atoms with Crippen LogP contribution >= 0.6 is 0 Å². The van der Waals surface area contributed by atoms with Crippen molar-refractivity contribution in [3.63, 3.8) is 0 Å². The molecule has 0 aromatic heterocycles. The smallest absolute Gasteiger partial charge is 0.239 e. The van der Waals surface area contributed by atoms with E-state index in [1.807, 2.05) is 29.2 Å². The van der Waals surface area contributed by atoms with Crippen molar-refractivity contribution in [3.05, 3.63) is 29.8 Å². The molecule has 1 aromatic rings. The molecule has 0 aliphatic carbocycles. The van der Waals surface area contributed by atoms with Gasteiger partial charge >= 0.3 is 0 Å². The van der Waals surface area contributed by atoms with Gasteiger partial charge in [-0.3, -0.25) is 9.69 Å². The van der Waals surface area contributed by atoms with Crippen molar-refractivity contribution in [3.8, 4) is 5.75 Å². The molecule has 1 atom stereocenters. The van der Waals surface area contributed by atoms with Gasteiger partial charge in [-0.1, -0.05) is 12.1 Å². The van der Waals surface area contributed by atoms with Crippen LogP contribution in [-0.4, -0.2) is 44.2 Å². The minimum Gasteiger partial charge on any atom is -0.497 e. The maximum absolute atomic E-state index is 11.7. The first kappa shape index (κ1) is 12.9. The molecular formula is C13H18N2O3. The van der Waals surface area contributed by atoms with E-state index in [2.05, 4.69) is 0 Å². The second-order valence-corrected chi connectivity index (χ2v) is 4.23. The Kier molecular flexibility index (Phi) is 4.17. The molecule has 1 unspecified atom stereocenters. The van der Waals surface area contributed by atoms with E-state index in [1.54, 1.807) is 7.11 Å². The van der Waals surface area contributed by atoms with E-state index < -0.39 is 0 Å². The Balaban J connectivity index is 2.20. The summed E-state index contributed by atoms with van der Waals surface area (Å²) in [5, 5.41) is 0. The number of rotatable bonds is 4. The molecule has 1 saturated heterocycles. The quantitative estimate of drug-likeness (QED) is 0.847. The van der Waals surface area contributed by atoms with E-state index in [9.17, 15) is 4.79 Å². The Morgan fingerprint density at radius 1 is 1.33 bits per heavy atom. The number of nitrogens with zero attached hydrogens (tertiary/aromatic N) is 1. The first-order chi connectivity index (χ1) is 8.72. The molecule has 1 aliphatic rings. The highest BCUT2D eigenvalue weighted by Gasteiger charge is 2.27. The monoisotopic (exact) mass is 250 g/mol. The number of morpholine rings is 1. The molecule has 2 rings (SSSR count). The van der Waals surface area contributed by atoms with Crippen LogP contribution in [0.2, 0.25) is 0 Å². The van der Waals surface area contributed by atoms with Crippen molar-refractivity contribution >= 4 is 5.91 Å². The van der Waals surface area contributed by atoms with Gasteiger partial charge in [-0.05, 0) is 17.7 Å². The van der Waals surface area contributed by atoms with Crippen molar-refractivity contribution in [1.29, 1.82) is 0 Å². The van der Waals surface area contributed by atoms with Crippen molar-refractivity contribution in [2.24, 2.45) is 5.73 Å². The summed E-state index contributed by atoms with van der Waals surface area (Å²) in [6.45, 7) is 2.72. The van der Waals surface area contributed by atoms with Crippen molar-refractivity contribution in [2.45, 2.75) is 6.04 Å². The first-order valence-electron chi connectivity index (χ1n) is 5.97. The molecule has 0 bridgehead atoms. The topological polar surface area (TPSA) is 64.8 Å². The summed E-state index contributed by atoms with van der Waals surface area (Å²) >= 11 is 0. The van der Waals surface area contributed by atoms with Crippen molar-refractivity contribution < 1.29 is 14.3 Å². The van der Waals surface area contributed by atoms with Crippen LogP contribution in [0.4, 0.5) is 0 Å². The van der Waals surface area contributed by atoms with E-state index in [1.165, 1.54) is 0 Å². The number of benzene rings is 1. The molecule has 0 saturated carbocycles. The van der Waals surface area contributed by atoms with Gasteiger partial charge in [-0.15, -0.1) is 0 Å². The summed E-state index contributed by atoms with van der Waals surface area (Å²) in [5.41, 5.74) is 6.41. The fourth-order valence-corrected chi connectivity index (χ4v) is 2.18. The number of carbonyl (C=O) groups excluding carboxylic acids is 1. The maximum Gasteiger partial charge on any atom is 0.239 e. The summed E-state index contributed by atoms with van der Waals surface area (Å²) in [7, 11) is 1.61. The molecule has 1 aliphatic heterocycles. The lowest BCUT2D eigenvalue weighted by atomic mass is 10.0. The lowest BCUT2D eigenvalue weighted by Gasteiger charge is -2.32. The molecular weight excluding hydrogens is 232 g/mol. The predicted octanol–water partition coefficient (Wildman–Crippen LogP) is 0.554. The molecule has 5 nitrogen and oxygen atoms in total. The molecule has 18 heavy (non-hydrogen) atoms. The van der Waals surface area contributed by atoms with Gasteiger partial charge in [0.05, 0.1) is 20.3 Å². The van der Waals surface area contributed by atoms with E-state index in [0.717, 1.165) is 24.4 Å². The molecule has 1 fully saturated rings. The highest BCUT2D eigenvalue weighted by Crippen LogP contribution is 2.23. The van der Waals surface area contributed by atoms with Gasteiger partial charge in [0, 0.05) is 13.1 Å². The lowest BCUT2D eigenvalue weighted by Crippen LogP contribution is -2.44. The van der Waals surface area contributed by atoms with Gasteiger partial charge in [-0.2, -0.15) is 0 Å². The third-order valence-corrected chi connectivity index (χ3v) is 3.11. The summed E-state index contributed by atoms with van der Waals surface area (Å²) < 4.78 is 10.4. The summed E-state index contributed by atoms with van der Waals surface area (Å²) in [6, 6.07) is 7.05. The highest BCUT2D eigenvalue weighted by atomic mass is 16.5. The average Bonchev–Trinajstić information content (AvgIpc) is 2.40. The largest absolute Gasteiger partial charge is 0.497 e. The molecule has 1 heterocycles. The SMILES string of the molecule is COc1ccc(C(C(N)=O)N2CCOCC2)cc1. The number of carbonyl (C=O) groups is 1. The molecule has 5 heteroatoms. The van der Waals surface area contributed by atoms with Gasteiger partial charge in [0.15, 0.2) is 0 Å². The van der Waals surface area contributed by atoms with Crippen LogP contribution in [0.15, 0.2) is 24.3 Å². The Morgan fingerprint density at radius 2 is 1.94 bits per heavy atom. The van der Waals surface area contributed by atoms with Crippen LogP contribution in [0, 0.1) is 0 Å². The van der Waals surface area contributed by atoms with Crippen molar-refractivity contribution in [1.82, 2.24) is 4.90 Å². The summed E-state index contributed by atoms with van der Waals surface area (Å²) in [5.74, 6) is 0.436. The third-order valence-electron chi connectivity index (χ3n) is 3.11. The first-order valence-corrected chi connectivity index (χ1v) is 5.97. The number of nitrogens with two attached hydrogens (primary N) is 1. The number of hydrogen-bond donors (Lipinski definition) is 1. The van der Waals surface area contributed by atoms with Crippen LogP contribution in [0.3, 0.4) is 0 Å². The van der Waals surface area contributed by atoms with Gasteiger partial charge in [-0.25, -0.2) is 0 Å². The van der Waals surface area contributed by atoms with Crippen LogP contribution < -0.4 is 10.5 Å². The van der Waals surface area contributed by atoms with Gasteiger partial charge in [0.1, 0.15) is 11.8 Å². The standard InChI is InChI=1S/C13H18N2O3/c1-17-11-4-2-10(3-5-11)12(13(14)16)15-6-8-18-9-7-15/h2-5,12H,6-9H2,1H3,(H2,14,16). The Bertz CT molecular complexity index is 399. The summed E-state index contributed by atoms with van der Waals surface area (Å²) in [4.78, 5) is 13.7. The van der Waals surface area contributed by atoms with E-state index in [-0.39, 0.29) is 11.9 Å². The fraction of sp³-hybridized carbons (Fsp3) is 0.462. The van der Waals surface area contributed by atoms with Gasteiger partial charge < -0.3 is 15.2 Å². The van der Waals surface area contributed by atoms with Crippen molar-refractivity contribution in [2.75, 3.05) is 33.4 Å². The fourth-order valence-electron chi connectivity index (χ4n) is 2.18. The molecule has 1 aromatic carbocycles. The zero-order valence-electron chi connectivity index (χ0n) is 10.5. The minimum absolute atomic E-state index is 0.331. The van der Waals surface area contributed by atoms with Crippen LogP contribution in [0.25, 0.3) is 0 Å². The van der Waals surface area contributed by atoms with E-state index >= 15 is 0 Å². The average molecular weight is 250 g/mol. The zero-order chi connectivity index (χ0) is 13.0. The maximum atomic E-state index is 11.7. The number of methoxy groups -OCH3 is 1. The van der Waals surface area contributed by atoms with Crippen LogP contribution in [-0.2, 0) is 9.53 Å². The van der Waals surface area contributed by atoms with E-state index in [4.69, 9.17) is 15.2 Å². The Hall–Kier alpha value is -1.59. The molecule has 98 valence electrons. The van der Waals surface area contributed by atoms with Crippen LogP contribution in [0.5, 0.6) is 5.75 Å². The van der Waals surface area contributed by atoms with E-state index in [0.29, 0.717) is 13.2 Å². The second kappa shape index (κ2) is 5.84. The van der Waals surface area contributed by atoms with Crippen LogP contribution in [0.1, 0.15) is 11.6 Å². The zero-order valence-corrected chi connectivity index (χ0v) is 10.5. The normalized spacial score (nSPS) is 18.3. The predicted molar refractivity (Wildman–Crippen MR) is 67.3 cm³/mol. The Morgan fingerprint density at radius 3 is 2.44 bits per heavy atom. The molecule has 0 spiro atoms. The third kappa shape index (κ3) is 2.80. The Labute approximate surface area is 106 Å². The summed E-state index contributed by atoms with van der Waals surface area (Å²) in [6.07, 6.45) is 0. The van der Waals surface area contributed by atoms with Gasteiger partial charge in [0.2, 0.25) is 5.91 Å². The number of primary amides is 1. The second-order valence-electron chi connectivity index (χ2n) is 4.23. The minimum atomic E-state index is -0.389. The highest BCUT2D eigenvalue weighted by molar-refractivity contribution is 5.81. The number of amides is 1. The molecule has 0 radical (unpaired) electrons. The number of ether oxygens (including phenoxy) is 2. The van der Waals surface area contributed by atoms with Gasteiger partial charge in [0.25, 0.3) is 0 Å². The molecule has 1 amide bonds. The molecule has 2 N–H and O–H groups in total.